The fourth-order valence-electron chi connectivity index (χ4n) is 3.96. The fraction of sp³-hybridized carbons (Fsp3) is 0.417. The van der Waals surface area contributed by atoms with E-state index in [9.17, 15) is 9.59 Å². The summed E-state index contributed by atoms with van der Waals surface area (Å²) >= 11 is 0. The summed E-state index contributed by atoms with van der Waals surface area (Å²) in [6.07, 6.45) is 2.72. The first-order valence-electron chi connectivity index (χ1n) is 10.6. The molecule has 0 saturated carbocycles. The molecule has 30 heavy (non-hydrogen) atoms. The third kappa shape index (κ3) is 4.55. The number of benzene rings is 2. The summed E-state index contributed by atoms with van der Waals surface area (Å²) in [5.74, 6) is -0.156. The monoisotopic (exact) mass is 408 g/mol. The zero-order chi connectivity index (χ0) is 21.1. The second-order valence-electron chi connectivity index (χ2n) is 8.04. The maximum Gasteiger partial charge on any atom is 0.253 e. The lowest BCUT2D eigenvalue weighted by Crippen LogP contribution is -2.27. The Morgan fingerprint density at radius 2 is 1.20 bits per heavy atom. The molecule has 2 atom stereocenters. The molecule has 0 aliphatic carbocycles. The van der Waals surface area contributed by atoms with E-state index in [0.717, 1.165) is 59.3 Å². The smallest absolute Gasteiger partial charge is 0.253 e. The topological polar surface area (TPSA) is 76.7 Å². The standard InChI is InChI=1S/C24H28N2O4/c1-15-13-17(7-9-19(15)25-23(27)21-5-3-11-29-21)18-8-10-20(16(2)14-18)26-24(28)22-6-4-12-30-22/h7-10,13-14,21-22H,3-6,11-12H2,1-2H3,(H,25,27)(H,26,28). The number of rotatable bonds is 5. The average Bonchev–Trinajstić information content (AvgIpc) is 3.45. The third-order valence-electron chi connectivity index (χ3n) is 5.75. The summed E-state index contributed by atoms with van der Waals surface area (Å²) in [5, 5.41) is 5.95. The average molecular weight is 408 g/mol. The minimum atomic E-state index is -0.343. The number of anilines is 2. The molecule has 2 aromatic carbocycles. The van der Waals surface area contributed by atoms with Crippen molar-refractivity contribution < 1.29 is 19.1 Å². The number of aryl methyl sites for hydroxylation is 2. The summed E-state index contributed by atoms with van der Waals surface area (Å²) in [7, 11) is 0. The predicted molar refractivity (Wildman–Crippen MR) is 117 cm³/mol. The summed E-state index contributed by atoms with van der Waals surface area (Å²) in [4.78, 5) is 24.6. The maximum absolute atomic E-state index is 12.3. The van der Waals surface area contributed by atoms with Gasteiger partial charge in [0, 0.05) is 24.6 Å². The number of carbonyl (C=O) groups is 2. The summed E-state index contributed by atoms with van der Waals surface area (Å²) in [6.45, 7) is 5.27. The van der Waals surface area contributed by atoms with Crippen LogP contribution in [0.4, 0.5) is 11.4 Å². The Balaban J connectivity index is 1.45. The molecule has 6 nitrogen and oxygen atoms in total. The molecule has 6 heteroatoms. The zero-order valence-corrected chi connectivity index (χ0v) is 17.5. The van der Waals surface area contributed by atoms with Crippen molar-refractivity contribution in [1.29, 1.82) is 0 Å². The molecule has 0 radical (unpaired) electrons. The van der Waals surface area contributed by atoms with E-state index in [1.165, 1.54) is 0 Å². The Kier molecular flexibility index (Phi) is 6.16. The zero-order valence-electron chi connectivity index (χ0n) is 17.5. The minimum absolute atomic E-state index is 0.0782. The Bertz CT molecular complexity index is 867. The van der Waals surface area contributed by atoms with Crippen LogP contribution in [0.2, 0.25) is 0 Å². The molecule has 0 spiro atoms. The molecule has 2 heterocycles. The molecule has 0 bridgehead atoms. The van der Waals surface area contributed by atoms with E-state index in [2.05, 4.69) is 22.8 Å². The van der Waals surface area contributed by atoms with Crippen LogP contribution in [0.3, 0.4) is 0 Å². The van der Waals surface area contributed by atoms with Crippen molar-refractivity contribution in [3.05, 3.63) is 47.5 Å². The molecule has 158 valence electrons. The lowest BCUT2D eigenvalue weighted by atomic mass is 9.99. The van der Waals surface area contributed by atoms with Crippen molar-refractivity contribution >= 4 is 23.2 Å². The number of amides is 2. The molecule has 2 aliphatic heterocycles. The van der Waals surface area contributed by atoms with Crippen LogP contribution in [0.1, 0.15) is 36.8 Å². The van der Waals surface area contributed by atoms with Crippen LogP contribution in [0.5, 0.6) is 0 Å². The highest BCUT2D eigenvalue weighted by Crippen LogP contribution is 2.29. The van der Waals surface area contributed by atoms with Gasteiger partial charge in [0.05, 0.1) is 0 Å². The normalized spacial score (nSPS) is 20.9. The van der Waals surface area contributed by atoms with E-state index >= 15 is 0 Å². The Hall–Kier alpha value is -2.70. The predicted octanol–water partition coefficient (Wildman–Crippen LogP) is 4.21. The van der Waals surface area contributed by atoms with Crippen molar-refractivity contribution in [1.82, 2.24) is 0 Å². The molecule has 2 fully saturated rings. The first-order valence-corrected chi connectivity index (χ1v) is 10.6. The molecular weight excluding hydrogens is 380 g/mol. The number of nitrogens with one attached hydrogen (secondary N) is 2. The fourth-order valence-corrected chi connectivity index (χ4v) is 3.96. The molecule has 2 N–H and O–H groups in total. The highest BCUT2D eigenvalue weighted by atomic mass is 16.5. The lowest BCUT2D eigenvalue weighted by molar-refractivity contribution is -0.125. The summed E-state index contributed by atoms with van der Waals surface area (Å²) in [5.41, 5.74) is 5.71. The largest absolute Gasteiger partial charge is 0.368 e. The van der Waals surface area contributed by atoms with Gasteiger partial charge < -0.3 is 20.1 Å². The Morgan fingerprint density at radius 1 is 0.767 bits per heavy atom. The third-order valence-corrected chi connectivity index (χ3v) is 5.75. The van der Waals surface area contributed by atoms with E-state index in [1.54, 1.807) is 0 Å². The highest BCUT2D eigenvalue weighted by molar-refractivity contribution is 5.96. The van der Waals surface area contributed by atoms with Crippen LogP contribution in [0.25, 0.3) is 11.1 Å². The van der Waals surface area contributed by atoms with Crippen molar-refractivity contribution in [3.63, 3.8) is 0 Å². The number of ether oxygens (including phenoxy) is 2. The van der Waals surface area contributed by atoms with Gasteiger partial charge in [0.15, 0.2) is 0 Å². The molecule has 2 saturated heterocycles. The van der Waals surface area contributed by atoms with Crippen LogP contribution >= 0.6 is 0 Å². The quantitative estimate of drug-likeness (QED) is 0.777. The first kappa shape index (κ1) is 20.6. The van der Waals surface area contributed by atoms with Crippen molar-refractivity contribution in [2.75, 3.05) is 23.8 Å². The second-order valence-corrected chi connectivity index (χ2v) is 8.04. The minimum Gasteiger partial charge on any atom is -0.368 e. The van der Waals surface area contributed by atoms with Crippen LogP contribution < -0.4 is 10.6 Å². The maximum atomic E-state index is 12.3. The Morgan fingerprint density at radius 3 is 1.53 bits per heavy atom. The number of hydrogen-bond acceptors (Lipinski definition) is 4. The molecule has 2 aliphatic rings. The van der Waals surface area contributed by atoms with Crippen LogP contribution in [0, 0.1) is 13.8 Å². The van der Waals surface area contributed by atoms with Crippen LogP contribution in [-0.4, -0.2) is 37.2 Å². The molecule has 2 aromatic rings. The second kappa shape index (κ2) is 8.98. The Labute approximate surface area is 177 Å². The number of carbonyl (C=O) groups excluding carboxylic acids is 2. The van der Waals surface area contributed by atoms with Gasteiger partial charge in [0.1, 0.15) is 12.2 Å². The van der Waals surface area contributed by atoms with Crippen molar-refractivity contribution in [3.8, 4) is 11.1 Å². The molecule has 4 rings (SSSR count). The van der Waals surface area contributed by atoms with Gasteiger partial charge >= 0.3 is 0 Å². The van der Waals surface area contributed by atoms with Gasteiger partial charge in [-0.3, -0.25) is 9.59 Å². The van der Waals surface area contributed by atoms with Gasteiger partial charge in [0.2, 0.25) is 0 Å². The van der Waals surface area contributed by atoms with E-state index in [0.29, 0.717) is 13.2 Å². The molecular formula is C24H28N2O4. The van der Waals surface area contributed by atoms with Gasteiger partial charge in [-0.25, -0.2) is 0 Å². The summed E-state index contributed by atoms with van der Waals surface area (Å²) in [6, 6.07) is 12.0. The van der Waals surface area contributed by atoms with Crippen LogP contribution in [0.15, 0.2) is 36.4 Å². The molecule has 2 unspecified atom stereocenters. The molecule has 0 aromatic heterocycles. The van der Waals surface area contributed by atoms with Crippen molar-refractivity contribution in [2.45, 2.75) is 51.7 Å². The molecule has 2 amide bonds. The van der Waals surface area contributed by atoms with E-state index in [1.807, 2.05) is 38.1 Å². The van der Waals surface area contributed by atoms with Gasteiger partial charge in [-0.1, -0.05) is 12.1 Å². The number of hydrogen-bond donors (Lipinski definition) is 2. The van der Waals surface area contributed by atoms with E-state index < -0.39 is 0 Å². The highest BCUT2D eigenvalue weighted by Gasteiger charge is 2.25. The van der Waals surface area contributed by atoms with Crippen molar-refractivity contribution in [2.24, 2.45) is 0 Å². The van der Waals surface area contributed by atoms with Gasteiger partial charge in [0.25, 0.3) is 11.8 Å². The van der Waals surface area contributed by atoms with Gasteiger partial charge in [-0.05, 0) is 86.1 Å². The summed E-state index contributed by atoms with van der Waals surface area (Å²) < 4.78 is 10.9. The van der Waals surface area contributed by atoms with E-state index in [-0.39, 0.29) is 24.0 Å². The van der Waals surface area contributed by atoms with Crippen LogP contribution in [-0.2, 0) is 19.1 Å². The SMILES string of the molecule is Cc1cc(-c2ccc(NC(=O)C3CCCO3)c(C)c2)ccc1NC(=O)C1CCCO1. The first-order chi connectivity index (χ1) is 14.5. The lowest BCUT2D eigenvalue weighted by Gasteiger charge is -2.15. The van der Waals surface area contributed by atoms with Gasteiger partial charge in [-0.15, -0.1) is 0 Å². The van der Waals surface area contributed by atoms with Gasteiger partial charge in [-0.2, -0.15) is 0 Å². The van der Waals surface area contributed by atoms with E-state index in [4.69, 9.17) is 9.47 Å².